The van der Waals surface area contributed by atoms with Crippen molar-refractivity contribution >= 4 is 39.8 Å². The number of phenols is 1. The van der Waals surface area contributed by atoms with E-state index in [0.717, 1.165) is 44.3 Å². The van der Waals surface area contributed by atoms with E-state index in [2.05, 4.69) is 60.6 Å². The Kier molecular flexibility index (Phi) is 7.09. The molecular formula is C33H37ClN2O2. The van der Waals surface area contributed by atoms with Crippen molar-refractivity contribution in [2.75, 3.05) is 4.90 Å². The highest BCUT2D eigenvalue weighted by Crippen LogP contribution is 2.46. The Morgan fingerprint density at radius 1 is 0.921 bits per heavy atom. The molecule has 1 aromatic heterocycles. The van der Waals surface area contributed by atoms with Gasteiger partial charge in [-0.05, 0) is 54.5 Å². The Morgan fingerprint density at radius 3 is 2.03 bits per heavy atom. The average molecular weight is 529 g/mol. The number of aryl methyl sites for hydroxylation is 2. The van der Waals surface area contributed by atoms with Crippen LogP contribution in [0.1, 0.15) is 70.7 Å². The van der Waals surface area contributed by atoms with Crippen LogP contribution in [0.25, 0.3) is 22.0 Å². The number of aromatic hydroxyl groups is 1. The SMILES string of the molecule is CC(=O)N(c1cc(C(C)(C)C)c(O)c(C(C)(C)C)c1)c1cnc2c(C)cc(C)cc2c1-c1ccccc1Cl. The summed E-state index contributed by atoms with van der Waals surface area (Å²) in [6, 6.07) is 15.8. The first-order chi connectivity index (χ1) is 17.6. The van der Waals surface area contributed by atoms with Gasteiger partial charge in [0, 0.05) is 45.3 Å². The summed E-state index contributed by atoms with van der Waals surface area (Å²) in [6.45, 7) is 18.0. The number of nitrogens with zero attached hydrogens (tertiary/aromatic N) is 2. The number of aromatic nitrogens is 1. The van der Waals surface area contributed by atoms with Gasteiger partial charge in [0.15, 0.2) is 0 Å². The van der Waals surface area contributed by atoms with Gasteiger partial charge in [-0.15, -0.1) is 0 Å². The van der Waals surface area contributed by atoms with E-state index in [1.807, 2.05) is 43.3 Å². The summed E-state index contributed by atoms with van der Waals surface area (Å²) in [7, 11) is 0. The summed E-state index contributed by atoms with van der Waals surface area (Å²) in [6.07, 6.45) is 1.77. The molecule has 4 nitrogen and oxygen atoms in total. The number of phenolic OH excluding ortho intramolecular Hbond substituents is 1. The zero-order chi connectivity index (χ0) is 28.2. The number of amides is 1. The third-order valence-corrected chi connectivity index (χ3v) is 7.28. The molecule has 1 N–H and O–H groups in total. The lowest BCUT2D eigenvalue weighted by Gasteiger charge is -2.32. The number of rotatable bonds is 3. The minimum absolute atomic E-state index is 0.158. The van der Waals surface area contributed by atoms with E-state index in [4.69, 9.17) is 16.6 Å². The number of fused-ring (bicyclic) bond motifs is 1. The van der Waals surface area contributed by atoms with Gasteiger partial charge in [-0.25, -0.2) is 0 Å². The second-order valence-corrected chi connectivity index (χ2v) is 12.6. The summed E-state index contributed by atoms with van der Waals surface area (Å²) in [4.78, 5) is 20.0. The number of carbonyl (C=O) groups excluding carboxylic acids is 1. The van der Waals surface area contributed by atoms with E-state index in [0.29, 0.717) is 16.4 Å². The Labute approximate surface area is 231 Å². The van der Waals surface area contributed by atoms with Crippen LogP contribution in [0.5, 0.6) is 5.75 Å². The molecule has 0 saturated heterocycles. The van der Waals surface area contributed by atoms with Gasteiger partial charge in [-0.2, -0.15) is 0 Å². The van der Waals surface area contributed by atoms with E-state index in [9.17, 15) is 9.90 Å². The molecule has 0 bridgehead atoms. The standard InChI is InChI=1S/C33H37ClN2O2/c1-19-14-20(2)30-24(15-19)29(23-12-10-11-13-27(23)34)28(18-35-30)36(21(3)37)22-16-25(32(4,5)6)31(38)26(17-22)33(7,8)9/h10-18,38H,1-9H3. The highest BCUT2D eigenvalue weighted by molar-refractivity contribution is 6.34. The molecular weight excluding hydrogens is 492 g/mol. The lowest BCUT2D eigenvalue weighted by molar-refractivity contribution is -0.115. The molecule has 0 saturated carbocycles. The van der Waals surface area contributed by atoms with E-state index in [1.165, 1.54) is 0 Å². The van der Waals surface area contributed by atoms with Gasteiger partial charge in [0.2, 0.25) is 5.91 Å². The fourth-order valence-electron chi connectivity index (χ4n) is 5.15. The van der Waals surface area contributed by atoms with Gasteiger partial charge in [0.05, 0.1) is 17.4 Å². The van der Waals surface area contributed by atoms with Crippen LogP contribution >= 0.6 is 11.6 Å². The van der Waals surface area contributed by atoms with Gasteiger partial charge < -0.3 is 5.11 Å². The quantitative estimate of drug-likeness (QED) is 0.288. The maximum Gasteiger partial charge on any atom is 0.228 e. The van der Waals surface area contributed by atoms with Crippen molar-refractivity contribution in [1.82, 2.24) is 4.98 Å². The summed E-state index contributed by atoms with van der Waals surface area (Å²) in [5.41, 5.74) is 6.93. The van der Waals surface area contributed by atoms with Crippen LogP contribution in [0, 0.1) is 13.8 Å². The number of benzene rings is 3. The maximum atomic E-state index is 13.5. The van der Waals surface area contributed by atoms with Gasteiger partial charge in [-0.3, -0.25) is 14.7 Å². The molecule has 5 heteroatoms. The molecule has 4 aromatic rings. The third-order valence-electron chi connectivity index (χ3n) is 6.95. The lowest BCUT2D eigenvalue weighted by atomic mass is 9.79. The molecule has 0 fully saturated rings. The fourth-order valence-corrected chi connectivity index (χ4v) is 5.38. The summed E-state index contributed by atoms with van der Waals surface area (Å²) in [5, 5.41) is 12.8. The maximum absolute atomic E-state index is 13.5. The minimum Gasteiger partial charge on any atom is -0.507 e. The van der Waals surface area contributed by atoms with Crippen molar-refractivity contribution < 1.29 is 9.90 Å². The Bertz CT molecular complexity index is 1520. The summed E-state index contributed by atoms with van der Waals surface area (Å²) >= 11 is 6.77. The van der Waals surface area contributed by atoms with Crippen molar-refractivity contribution in [2.24, 2.45) is 0 Å². The Morgan fingerprint density at radius 2 is 1.50 bits per heavy atom. The lowest BCUT2D eigenvalue weighted by Crippen LogP contribution is -2.26. The Balaban J connectivity index is 2.16. The second kappa shape index (κ2) is 9.74. The first-order valence-electron chi connectivity index (χ1n) is 12.9. The first-order valence-corrected chi connectivity index (χ1v) is 13.3. The highest BCUT2D eigenvalue weighted by Gasteiger charge is 2.30. The third kappa shape index (κ3) is 5.02. The normalized spacial score (nSPS) is 12.2. The smallest absolute Gasteiger partial charge is 0.228 e. The van der Waals surface area contributed by atoms with Gasteiger partial charge >= 0.3 is 0 Å². The van der Waals surface area contributed by atoms with Crippen molar-refractivity contribution in [3.8, 4) is 16.9 Å². The van der Waals surface area contributed by atoms with Gasteiger partial charge in [0.25, 0.3) is 0 Å². The number of hydrogen-bond donors (Lipinski definition) is 1. The van der Waals surface area contributed by atoms with Crippen LogP contribution in [-0.4, -0.2) is 16.0 Å². The van der Waals surface area contributed by atoms with Crippen LogP contribution in [0.3, 0.4) is 0 Å². The number of halogens is 1. The molecule has 0 unspecified atom stereocenters. The number of anilines is 2. The van der Waals surface area contributed by atoms with E-state index >= 15 is 0 Å². The molecule has 0 radical (unpaired) electrons. The highest BCUT2D eigenvalue weighted by atomic mass is 35.5. The zero-order valence-corrected chi connectivity index (χ0v) is 24.6. The van der Waals surface area contributed by atoms with Crippen molar-refractivity contribution in [3.63, 3.8) is 0 Å². The van der Waals surface area contributed by atoms with Crippen LogP contribution in [0.2, 0.25) is 5.02 Å². The molecule has 3 aromatic carbocycles. The molecule has 1 amide bonds. The van der Waals surface area contributed by atoms with Gasteiger partial charge in [0.1, 0.15) is 5.75 Å². The predicted octanol–water partition coefficient (Wildman–Crippen LogP) is 9.16. The van der Waals surface area contributed by atoms with Crippen molar-refractivity contribution in [1.29, 1.82) is 0 Å². The average Bonchev–Trinajstić information content (AvgIpc) is 2.78. The van der Waals surface area contributed by atoms with E-state index < -0.39 is 0 Å². The minimum atomic E-state index is -0.343. The predicted molar refractivity (Wildman–Crippen MR) is 160 cm³/mol. The fraction of sp³-hybridized carbons (Fsp3) is 0.333. The summed E-state index contributed by atoms with van der Waals surface area (Å²) < 4.78 is 0. The molecule has 0 atom stereocenters. The number of pyridine rings is 1. The van der Waals surface area contributed by atoms with Crippen LogP contribution in [0.4, 0.5) is 11.4 Å². The topological polar surface area (TPSA) is 53.4 Å². The summed E-state index contributed by atoms with van der Waals surface area (Å²) in [5.74, 6) is 0.112. The molecule has 198 valence electrons. The number of hydrogen-bond acceptors (Lipinski definition) is 3. The molecule has 4 rings (SSSR count). The molecule has 1 heterocycles. The molecule has 0 spiro atoms. The molecule has 0 aliphatic carbocycles. The van der Waals surface area contributed by atoms with Crippen LogP contribution < -0.4 is 4.90 Å². The number of carbonyl (C=O) groups is 1. The van der Waals surface area contributed by atoms with Gasteiger partial charge in [-0.1, -0.05) is 83.0 Å². The van der Waals surface area contributed by atoms with Crippen molar-refractivity contribution in [3.05, 3.63) is 82.0 Å². The molecule has 0 aliphatic heterocycles. The molecule has 38 heavy (non-hydrogen) atoms. The monoisotopic (exact) mass is 528 g/mol. The first kappa shape index (κ1) is 27.7. The largest absolute Gasteiger partial charge is 0.507 e. The van der Waals surface area contributed by atoms with E-state index in [-0.39, 0.29) is 22.5 Å². The molecule has 0 aliphatic rings. The van der Waals surface area contributed by atoms with Crippen molar-refractivity contribution in [2.45, 2.75) is 73.1 Å². The zero-order valence-electron chi connectivity index (χ0n) is 23.8. The van der Waals surface area contributed by atoms with Crippen LogP contribution in [0.15, 0.2) is 54.7 Å². The second-order valence-electron chi connectivity index (χ2n) is 12.2. The van der Waals surface area contributed by atoms with Crippen LogP contribution in [-0.2, 0) is 15.6 Å². The van der Waals surface area contributed by atoms with E-state index in [1.54, 1.807) is 18.0 Å². The Hall–Kier alpha value is -3.37.